The van der Waals surface area contributed by atoms with Gasteiger partial charge in [0, 0.05) is 5.57 Å². The van der Waals surface area contributed by atoms with Gasteiger partial charge < -0.3 is 9.84 Å². The van der Waals surface area contributed by atoms with E-state index in [9.17, 15) is 18.0 Å². The van der Waals surface area contributed by atoms with Gasteiger partial charge in [-0.3, -0.25) is 0 Å². The van der Waals surface area contributed by atoms with Crippen LogP contribution in [-0.4, -0.2) is 23.4 Å². The van der Waals surface area contributed by atoms with Gasteiger partial charge in [-0.2, -0.15) is 13.2 Å². The summed E-state index contributed by atoms with van der Waals surface area (Å²) >= 11 is 0. The van der Waals surface area contributed by atoms with Crippen molar-refractivity contribution in [1.82, 2.24) is 0 Å². The van der Waals surface area contributed by atoms with Gasteiger partial charge in [-0.15, -0.1) is 0 Å². The fraction of sp³-hybridized carbons (Fsp3) is 0.118. The molecule has 0 aromatic carbocycles. The highest BCUT2D eigenvalue weighted by molar-refractivity contribution is 5.89. The molecule has 0 amide bonds. The Labute approximate surface area is 131 Å². The number of carboxylic acids is 1. The molecule has 0 saturated heterocycles. The summed E-state index contributed by atoms with van der Waals surface area (Å²) in [7, 11) is 0. The highest BCUT2D eigenvalue weighted by Crippen LogP contribution is 2.36. The van der Waals surface area contributed by atoms with Gasteiger partial charge in [-0.05, 0) is 23.3 Å². The number of aliphatic carboxylic acids is 1. The Balaban J connectivity index is 3.18. The maximum atomic E-state index is 13.0. The largest absolute Gasteiger partial charge is 0.478 e. The van der Waals surface area contributed by atoms with Gasteiger partial charge in [-0.1, -0.05) is 44.5 Å². The molecule has 1 rings (SSSR count). The first-order chi connectivity index (χ1) is 10.6. The molecule has 0 radical (unpaired) electrons. The first-order valence-corrected chi connectivity index (χ1v) is 6.34. The number of alkyl halides is 3. The van der Waals surface area contributed by atoms with Crippen LogP contribution in [0.2, 0.25) is 0 Å². The van der Waals surface area contributed by atoms with Crippen LogP contribution in [0.3, 0.4) is 0 Å². The van der Waals surface area contributed by atoms with Gasteiger partial charge in [0.1, 0.15) is 5.76 Å². The molecular weight excluding hydrogens is 309 g/mol. The second kappa shape index (κ2) is 7.00. The van der Waals surface area contributed by atoms with Gasteiger partial charge in [0.25, 0.3) is 0 Å². The fourth-order valence-corrected chi connectivity index (χ4v) is 1.69. The minimum absolute atomic E-state index is 0.00421. The topological polar surface area (TPSA) is 46.5 Å². The first-order valence-electron chi connectivity index (χ1n) is 6.34. The number of carbonyl (C=O) groups is 1. The molecule has 122 valence electrons. The van der Waals surface area contributed by atoms with E-state index in [-0.39, 0.29) is 11.3 Å². The van der Waals surface area contributed by atoms with E-state index < -0.39 is 23.8 Å². The Morgan fingerprint density at radius 1 is 1.30 bits per heavy atom. The molecule has 0 saturated carbocycles. The summed E-state index contributed by atoms with van der Waals surface area (Å²) in [6.45, 7) is 14.4. The first kappa shape index (κ1) is 18.3. The molecule has 1 unspecified atom stereocenters. The Morgan fingerprint density at radius 2 is 1.91 bits per heavy atom. The van der Waals surface area contributed by atoms with Crippen molar-refractivity contribution in [3.05, 3.63) is 84.7 Å². The lowest BCUT2D eigenvalue weighted by molar-refractivity contribution is -0.200. The van der Waals surface area contributed by atoms with E-state index in [0.717, 1.165) is 6.08 Å². The SMILES string of the molecule is C=C/C=C\C(=C)C(=C)/C=C1/OC(C(F)(F)F)C(C(=O)O)=CC1=C. The Morgan fingerprint density at radius 3 is 2.39 bits per heavy atom. The molecular formula is C17H15F3O3. The van der Waals surface area contributed by atoms with Crippen LogP contribution in [0.15, 0.2) is 84.7 Å². The number of hydrogen-bond acceptors (Lipinski definition) is 2. The van der Waals surface area contributed by atoms with Gasteiger partial charge >= 0.3 is 12.1 Å². The number of rotatable bonds is 5. The van der Waals surface area contributed by atoms with Crippen LogP contribution in [-0.2, 0) is 9.53 Å². The smallest absolute Gasteiger partial charge is 0.430 e. The van der Waals surface area contributed by atoms with Crippen molar-refractivity contribution in [3.63, 3.8) is 0 Å². The third-order valence-electron chi connectivity index (χ3n) is 2.87. The summed E-state index contributed by atoms with van der Waals surface area (Å²) in [5.41, 5.74) is -0.182. The zero-order valence-corrected chi connectivity index (χ0v) is 12.2. The molecule has 1 N–H and O–H groups in total. The van der Waals surface area contributed by atoms with E-state index >= 15 is 0 Å². The van der Waals surface area contributed by atoms with E-state index in [1.165, 1.54) is 12.2 Å². The normalized spacial score (nSPS) is 20.1. The molecule has 0 aromatic heterocycles. The molecule has 0 aliphatic carbocycles. The van der Waals surface area contributed by atoms with Crippen molar-refractivity contribution in [3.8, 4) is 0 Å². The summed E-state index contributed by atoms with van der Waals surface area (Å²) in [5, 5.41) is 8.88. The van der Waals surface area contributed by atoms with Gasteiger partial charge in [0.15, 0.2) is 0 Å². The molecule has 0 aromatic rings. The Bertz CT molecular complexity index is 661. The minimum Gasteiger partial charge on any atom is -0.478 e. The summed E-state index contributed by atoms with van der Waals surface area (Å²) in [6.07, 6.45) is -0.714. The third kappa shape index (κ3) is 4.60. The molecule has 23 heavy (non-hydrogen) atoms. The lowest BCUT2D eigenvalue weighted by atomic mass is 9.99. The molecule has 6 heteroatoms. The molecule has 1 aliphatic rings. The summed E-state index contributed by atoms with van der Waals surface area (Å²) < 4.78 is 43.7. The molecule has 1 aliphatic heterocycles. The van der Waals surface area contributed by atoms with Crippen LogP contribution in [0.5, 0.6) is 0 Å². The van der Waals surface area contributed by atoms with Crippen LogP contribution in [0, 0.1) is 0 Å². The van der Waals surface area contributed by atoms with E-state index in [1.54, 1.807) is 12.2 Å². The predicted octanol–water partition coefficient (Wildman–Crippen LogP) is 4.25. The quantitative estimate of drug-likeness (QED) is 0.769. The second-order valence-corrected chi connectivity index (χ2v) is 4.62. The third-order valence-corrected chi connectivity index (χ3v) is 2.87. The summed E-state index contributed by atoms with van der Waals surface area (Å²) in [5.74, 6) is -1.93. The van der Waals surface area contributed by atoms with Crippen LogP contribution in [0.1, 0.15) is 0 Å². The average molecular weight is 324 g/mol. The van der Waals surface area contributed by atoms with Gasteiger partial charge in [0.05, 0.1) is 5.57 Å². The fourth-order valence-electron chi connectivity index (χ4n) is 1.69. The molecule has 1 atom stereocenters. The Hall–Kier alpha value is -2.76. The number of halogens is 3. The minimum atomic E-state index is -4.87. The van der Waals surface area contributed by atoms with Crippen molar-refractivity contribution in [2.75, 3.05) is 0 Å². The standard InChI is InChI=1S/C17H15F3O3/c1-5-6-7-10(2)11(3)9-14-12(4)8-13(16(21)22)15(23-14)17(18,19)20/h5-9,15H,1-4H2,(H,21,22)/b7-6-,14-9+. The van der Waals surface area contributed by atoms with Gasteiger partial charge in [-0.25, -0.2) is 4.79 Å². The number of ether oxygens (including phenoxy) is 1. The van der Waals surface area contributed by atoms with Crippen molar-refractivity contribution in [2.45, 2.75) is 12.3 Å². The predicted molar refractivity (Wildman–Crippen MR) is 81.5 cm³/mol. The zero-order valence-electron chi connectivity index (χ0n) is 12.2. The molecule has 1 heterocycles. The van der Waals surface area contributed by atoms with Gasteiger partial charge in [0.2, 0.25) is 6.10 Å². The average Bonchev–Trinajstić information content (AvgIpc) is 2.44. The lowest BCUT2D eigenvalue weighted by Gasteiger charge is -2.28. The summed E-state index contributed by atoms with van der Waals surface area (Å²) in [4.78, 5) is 11.0. The van der Waals surface area contributed by atoms with Crippen molar-refractivity contribution >= 4 is 5.97 Å². The van der Waals surface area contributed by atoms with Crippen LogP contribution in [0.4, 0.5) is 13.2 Å². The van der Waals surface area contributed by atoms with Crippen molar-refractivity contribution in [2.24, 2.45) is 0 Å². The van der Waals surface area contributed by atoms with E-state index in [4.69, 9.17) is 9.84 Å². The number of hydrogen-bond donors (Lipinski definition) is 1. The van der Waals surface area contributed by atoms with Crippen LogP contribution >= 0.6 is 0 Å². The monoisotopic (exact) mass is 324 g/mol. The van der Waals surface area contributed by atoms with E-state index in [2.05, 4.69) is 26.3 Å². The lowest BCUT2D eigenvalue weighted by Crippen LogP contribution is -2.38. The molecule has 0 bridgehead atoms. The zero-order chi connectivity index (χ0) is 17.8. The van der Waals surface area contributed by atoms with Crippen molar-refractivity contribution < 1.29 is 27.8 Å². The second-order valence-electron chi connectivity index (χ2n) is 4.62. The van der Waals surface area contributed by atoms with E-state index in [1.807, 2.05) is 0 Å². The maximum Gasteiger partial charge on any atom is 0.430 e. The maximum absolute atomic E-state index is 13.0. The van der Waals surface area contributed by atoms with Crippen LogP contribution in [0.25, 0.3) is 0 Å². The van der Waals surface area contributed by atoms with E-state index in [0.29, 0.717) is 11.1 Å². The number of carboxylic acid groups (broad SMARTS) is 1. The Kier molecular flexibility index (Phi) is 5.57. The molecule has 0 spiro atoms. The summed E-state index contributed by atoms with van der Waals surface area (Å²) in [6, 6.07) is 0. The van der Waals surface area contributed by atoms with Crippen molar-refractivity contribution in [1.29, 1.82) is 0 Å². The number of allylic oxidation sites excluding steroid dienone is 7. The van der Waals surface area contributed by atoms with Crippen LogP contribution < -0.4 is 0 Å². The highest BCUT2D eigenvalue weighted by atomic mass is 19.4. The molecule has 3 nitrogen and oxygen atoms in total. The molecule has 0 fully saturated rings. The highest BCUT2D eigenvalue weighted by Gasteiger charge is 2.48.